The predicted molar refractivity (Wildman–Crippen MR) is 77.2 cm³/mol. The Morgan fingerprint density at radius 3 is 2.78 bits per heavy atom. The van der Waals surface area contributed by atoms with E-state index in [9.17, 15) is 0 Å². The monoisotopic (exact) mass is 246 g/mol. The molecule has 0 aliphatic carbocycles. The van der Waals surface area contributed by atoms with Crippen LogP contribution in [0.5, 0.6) is 0 Å². The number of likely N-dealkylation sites (N-methyl/N-ethyl adjacent to an activating group) is 2. The van der Waals surface area contributed by atoms with Crippen molar-refractivity contribution >= 4 is 16.7 Å². The fraction of sp³-hybridized carbons (Fsp3) is 0.500. The van der Waals surface area contributed by atoms with Crippen LogP contribution < -0.4 is 10.2 Å². The van der Waals surface area contributed by atoms with Crippen molar-refractivity contribution in [3.63, 3.8) is 0 Å². The molecule has 4 nitrogen and oxygen atoms in total. The number of aromatic amines is 1. The molecule has 0 atom stereocenters. The molecule has 1 heterocycles. The average Bonchev–Trinajstić information content (AvgIpc) is 2.67. The highest BCUT2D eigenvalue weighted by atomic mass is 15.1. The van der Waals surface area contributed by atoms with Gasteiger partial charge in [-0.2, -0.15) is 0 Å². The van der Waals surface area contributed by atoms with Crippen LogP contribution in [0.25, 0.3) is 11.0 Å². The van der Waals surface area contributed by atoms with Gasteiger partial charge in [0.2, 0.25) is 0 Å². The first-order chi connectivity index (χ1) is 8.41. The number of rotatable bonds is 4. The summed E-state index contributed by atoms with van der Waals surface area (Å²) in [5.74, 6) is 0.959. The largest absolute Gasteiger partial charge is 0.373 e. The Kier molecular flexibility index (Phi) is 3.30. The molecule has 0 saturated carbocycles. The first-order valence-electron chi connectivity index (χ1n) is 6.28. The number of aromatic nitrogens is 2. The second kappa shape index (κ2) is 4.61. The molecule has 0 aliphatic heterocycles. The maximum atomic E-state index is 4.42. The van der Waals surface area contributed by atoms with Gasteiger partial charge in [-0.15, -0.1) is 0 Å². The zero-order chi connectivity index (χ0) is 13.3. The molecule has 2 N–H and O–H groups in total. The van der Waals surface area contributed by atoms with Crippen molar-refractivity contribution in [3.8, 4) is 0 Å². The quantitative estimate of drug-likeness (QED) is 0.870. The molecule has 0 fully saturated rings. The topological polar surface area (TPSA) is 44.0 Å². The van der Waals surface area contributed by atoms with Crippen LogP contribution in [0.1, 0.15) is 19.7 Å². The van der Waals surface area contributed by atoms with Gasteiger partial charge >= 0.3 is 0 Å². The molecule has 0 radical (unpaired) electrons. The first kappa shape index (κ1) is 12.9. The number of fused-ring (bicyclic) bond motifs is 1. The Balaban J connectivity index is 2.25. The third kappa shape index (κ3) is 2.64. The zero-order valence-electron chi connectivity index (χ0n) is 11.8. The van der Waals surface area contributed by atoms with Crippen LogP contribution in [0, 0.1) is 6.92 Å². The second-order valence-corrected chi connectivity index (χ2v) is 5.51. The van der Waals surface area contributed by atoms with E-state index < -0.39 is 0 Å². The summed E-state index contributed by atoms with van der Waals surface area (Å²) in [6, 6.07) is 6.34. The van der Waals surface area contributed by atoms with E-state index in [2.05, 4.69) is 59.3 Å². The number of hydrogen-bond acceptors (Lipinski definition) is 3. The summed E-state index contributed by atoms with van der Waals surface area (Å²) in [6.07, 6.45) is 0. The lowest BCUT2D eigenvalue weighted by Crippen LogP contribution is -2.46. The number of anilines is 1. The second-order valence-electron chi connectivity index (χ2n) is 5.51. The molecule has 0 unspecified atom stereocenters. The number of imidazole rings is 1. The van der Waals surface area contributed by atoms with E-state index in [1.807, 2.05) is 14.0 Å². The Bertz CT molecular complexity index is 542. The molecule has 0 aliphatic rings. The SMILES string of the molecule is CNC(C)(C)CN(C)c1ccc2nc(C)[nH]c2c1. The van der Waals surface area contributed by atoms with Crippen molar-refractivity contribution in [1.29, 1.82) is 0 Å². The summed E-state index contributed by atoms with van der Waals surface area (Å²) in [5, 5.41) is 3.32. The van der Waals surface area contributed by atoms with Gasteiger partial charge in [0.25, 0.3) is 0 Å². The van der Waals surface area contributed by atoms with Crippen molar-refractivity contribution in [1.82, 2.24) is 15.3 Å². The summed E-state index contributed by atoms with van der Waals surface area (Å²) in [7, 11) is 4.11. The minimum Gasteiger partial charge on any atom is -0.373 e. The van der Waals surface area contributed by atoms with Crippen molar-refractivity contribution in [2.24, 2.45) is 0 Å². The minimum absolute atomic E-state index is 0.0909. The highest BCUT2D eigenvalue weighted by Crippen LogP contribution is 2.21. The van der Waals surface area contributed by atoms with E-state index in [0.717, 1.165) is 23.4 Å². The number of hydrogen-bond donors (Lipinski definition) is 2. The summed E-state index contributed by atoms with van der Waals surface area (Å²) in [5.41, 5.74) is 3.42. The third-order valence-electron chi connectivity index (χ3n) is 3.33. The fourth-order valence-electron chi connectivity index (χ4n) is 2.13. The standard InChI is InChI=1S/C14H22N4/c1-10-16-12-7-6-11(8-13(12)17-10)18(5)9-14(2,3)15-4/h6-8,15H,9H2,1-5H3,(H,16,17). The van der Waals surface area contributed by atoms with Crippen LogP contribution in [-0.2, 0) is 0 Å². The lowest BCUT2D eigenvalue weighted by Gasteiger charge is -2.31. The Labute approximate surface area is 108 Å². The normalized spacial score (nSPS) is 12.1. The first-order valence-corrected chi connectivity index (χ1v) is 6.28. The summed E-state index contributed by atoms with van der Waals surface area (Å²) in [4.78, 5) is 9.95. The third-order valence-corrected chi connectivity index (χ3v) is 3.33. The summed E-state index contributed by atoms with van der Waals surface area (Å²) < 4.78 is 0. The van der Waals surface area contributed by atoms with Crippen molar-refractivity contribution < 1.29 is 0 Å². The number of benzene rings is 1. The van der Waals surface area contributed by atoms with Crippen molar-refractivity contribution in [2.45, 2.75) is 26.3 Å². The zero-order valence-corrected chi connectivity index (χ0v) is 11.8. The Morgan fingerprint density at radius 2 is 2.11 bits per heavy atom. The smallest absolute Gasteiger partial charge is 0.104 e. The summed E-state index contributed by atoms with van der Waals surface area (Å²) in [6.45, 7) is 7.32. The van der Waals surface area contributed by atoms with Crippen LogP contribution in [-0.4, -0.2) is 36.1 Å². The number of nitrogens with zero attached hydrogens (tertiary/aromatic N) is 2. The average molecular weight is 246 g/mol. The number of H-pyrrole nitrogens is 1. The van der Waals surface area contributed by atoms with E-state index in [-0.39, 0.29) is 5.54 Å². The Morgan fingerprint density at radius 1 is 1.39 bits per heavy atom. The molecule has 18 heavy (non-hydrogen) atoms. The van der Waals surface area contributed by atoms with E-state index in [0.29, 0.717) is 0 Å². The van der Waals surface area contributed by atoms with Crippen LogP contribution in [0.2, 0.25) is 0 Å². The van der Waals surface area contributed by atoms with Crippen LogP contribution >= 0.6 is 0 Å². The van der Waals surface area contributed by atoms with Crippen molar-refractivity contribution in [2.75, 3.05) is 25.5 Å². The van der Waals surface area contributed by atoms with Gasteiger partial charge in [-0.1, -0.05) is 0 Å². The van der Waals surface area contributed by atoms with Gasteiger partial charge in [0, 0.05) is 24.8 Å². The van der Waals surface area contributed by atoms with Gasteiger partial charge in [-0.3, -0.25) is 0 Å². The number of aryl methyl sites for hydroxylation is 1. The van der Waals surface area contributed by atoms with E-state index in [1.54, 1.807) is 0 Å². The lowest BCUT2D eigenvalue weighted by molar-refractivity contribution is 0.428. The molecule has 0 saturated heterocycles. The number of nitrogens with one attached hydrogen (secondary N) is 2. The molecular formula is C14H22N4. The molecule has 2 aromatic rings. The molecule has 0 spiro atoms. The van der Waals surface area contributed by atoms with Gasteiger partial charge in [-0.25, -0.2) is 4.98 Å². The van der Waals surface area contributed by atoms with E-state index in [4.69, 9.17) is 0 Å². The highest BCUT2D eigenvalue weighted by molar-refractivity contribution is 5.79. The maximum absolute atomic E-state index is 4.42. The molecule has 4 heteroatoms. The molecule has 1 aromatic carbocycles. The lowest BCUT2D eigenvalue weighted by atomic mass is 10.1. The molecular weight excluding hydrogens is 224 g/mol. The van der Waals surface area contributed by atoms with Crippen LogP contribution in [0.15, 0.2) is 18.2 Å². The molecule has 98 valence electrons. The molecule has 2 rings (SSSR count). The maximum Gasteiger partial charge on any atom is 0.104 e. The highest BCUT2D eigenvalue weighted by Gasteiger charge is 2.17. The predicted octanol–water partition coefficient (Wildman–Crippen LogP) is 2.31. The molecule has 1 aromatic heterocycles. The van der Waals surface area contributed by atoms with E-state index >= 15 is 0 Å². The van der Waals surface area contributed by atoms with Crippen molar-refractivity contribution in [3.05, 3.63) is 24.0 Å². The van der Waals surface area contributed by atoms with Gasteiger partial charge in [-0.05, 0) is 46.0 Å². The fourth-order valence-corrected chi connectivity index (χ4v) is 2.13. The minimum atomic E-state index is 0.0909. The van der Waals surface area contributed by atoms with Gasteiger partial charge in [0.05, 0.1) is 11.0 Å². The van der Waals surface area contributed by atoms with Gasteiger partial charge in [0.15, 0.2) is 0 Å². The van der Waals surface area contributed by atoms with Gasteiger partial charge < -0.3 is 15.2 Å². The van der Waals surface area contributed by atoms with E-state index in [1.165, 1.54) is 5.69 Å². The molecule has 0 amide bonds. The molecule has 0 bridgehead atoms. The Hall–Kier alpha value is -1.55. The van der Waals surface area contributed by atoms with Crippen LogP contribution in [0.3, 0.4) is 0 Å². The van der Waals surface area contributed by atoms with Gasteiger partial charge in [0.1, 0.15) is 5.82 Å². The van der Waals surface area contributed by atoms with Crippen LogP contribution in [0.4, 0.5) is 5.69 Å². The summed E-state index contributed by atoms with van der Waals surface area (Å²) >= 11 is 0.